The number of carbonyl (C=O) groups is 3. The van der Waals surface area contributed by atoms with Gasteiger partial charge in [0.15, 0.2) is 31.1 Å². The van der Waals surface area contributed by atoms with E-state index in [9.17, 15) is 70.9 Å². The SMILES string of the molecule is C[C@@H]1O[C@H]2O[C@H]3[C@@H](OC[C@H](O)[C@@H]3O)OC(=O)[C@]34CCC(C)(C)C[C@H]3C3=CC[C@@H]5[C@@]6(C)C[C@H](O)[C@H](O[C@@H]7O[C@H](CO)[C@@H](O)[C@H](O)[C@H]7O[C@@H]7O[C@H](COC(=O)C[C@](C)(O)CC(=O)O[C@@H]1[C@@H](O)[C@H]2O)[C@@H](O)[C@H](O)[C@H]7O)C(C)(C)[C@@H]6CC[C@@]5(C)[C@]3(C)CC4. The van der Waals surface area contributed by atoms with Crippen molar-refractivity contribution < 1.29 is 123 Å². The summed E-state index contributed by atoms with van der Waals surface area (Å²) < 4.78 is 60.0. The highest BCUT2D eigenvalue weighted by Crippen LogP contribution is 2.76. The number of rotatable bonds is 1. The highest BCUT2D eigenvalue weighted by molar-refractivity contribution is 5.79. The summed E-state index contributed by atoms with van der Waals surface area (Å²) in [6.07, 6.45) is -29.4. The van der Waals surface area contributed by atoms with Crippen LogP contribution in [0.15, 0.2) is 11.6 Å². The Morgan fingerprint density at radius 2 is 1.20 bits per heavy atom. The first-order valence-corrected chi connectivity index (χ1v) is 30.1. The van der Waals surface area contributed by atoms with Gasteiger partial charge in [0.2, 0.25) is 6.29 Å². The predicted molar refractivity (Wildman–Crippen MR) is 284 cm³/mol. The lowest BCUT2D eigenvalue weighted by molar-refractivity contribution is -0.382. The van der Waals surface area contributed by atoms with E-state index in [4.69, 9.17) is 47.4 Å². The molecule has 4 saturated carbocycles. The molecule has 14 aliphatic rings. The number of hydrogen-bond donors (Lipinski definition) is 12. The number of aliphatic hydroxyl groups excluding tert-OH is 11. The minimum absolute atomic E-state index is 0.0125. The van der Waals surface area contributed by atoms with Crippen LogP contribution in [0.1, 0.15) is 133 Å². The molecule has 6 saturated heterocycles. The fourth-order valence-electron chi connectivity index (χ4n) is 17.6. The van der Waals surface area contributed by atoms with Crippen LogP contribution in [-0.2, 0) is 61.8 Å². The molecule has 12 bridgehead atoms. The molecule has 25 heteroatoms. The molecule has 1 spiro atoms. The number of allylic oxidation sites excluding steroid dienone is 2. The van der Waals surface area contributed by atoms with Crippen LogP contribution in [0, 0.1) is 50.2 Å². The lowest BCUT2D eigenvalue weighted by Crippen LogP contribution is -2.69. The third kappa shape index (κ3) is 10.9. The third-order valence-electron chi connectivity index (χ3n) is 22.5. The maximum absolute atomic E-state index is 15.4. The highest BCUT2D eigenvalue weighted by atomic mass is 16.8. The Bertz CT molecular complexity index is 2460. The molecule has 0 radical (unpaired) electrons. The first-order valence-electron chi connectivity index (χ1n) is 30.1. The second-order valence-electron chi connectivity index (χ2n) is 28.8. The molecule has 9 aliphatic heterocycles. The summed E-state index contributed by atoms with van der Waals surface area (Å²) in [6, 6.07) is 0. The van der Waals surface area contributed by atoms with Crippen molar-refractivity contribution >= 4 is 17.9 Å². The van der Waals surface area contributed by atoms with Crippen molar-refractivity contribution in [2.75, 3.05) is 19.8 Å². The topological polar surface area (TPSA) is 386 Å². The first-order chi connectivity index (χ1) is 39.1. The van der Waals surface area contributed by atoms with Gasteiger partial charge in [-0.25, -0.2) is 0 Å². The Balaban J connectivity index is 0.996. The molecule has 0 unspecified atom stereocenters. The zero-order valence-electron chi connectivity index (χ0n) is 49.5. The summed E-state index contributed by atoms with van der Waals surface area (Å²) in [7, 11) is 0. The molecule has 12 N–H and O–H groups in total. The fourth-order valence-corrected chi connectivity index (χ4v) is 17.6. The molecule has 0 aromatic carbocycles. The smallest absolute Gasteiger partial charge is 0.315 e. The molecule has 478 valence electrons. The number of aliphatic hydroxyl groups is 12. The zero-order chi connectivity index (χ0) is 61.3. The van der Waals surface area contributed by atoms with Crippen molar-refractivity contribution in [3.8, 4) is 0 Å². The van der Waals surface area contributed by atoms with Gasteiger partial charge >= 0.3 is 17.9 Å². The van der Waals surface area contributed by atoms with Gasteiger partial charge < -0.3 is 109 Å². The summed E-state index contributed by atoms with van der Waals surface area (Å²) in [5.41, 5.74) is -4.40. The van der Waals surface area contributed by atoms with Crippen LogP contribution in [0.25, 0.3) is 0 Å². The zero-order valence-corrected chi connectivity index (χ0v) is 49.5. The molecule has 25 nitrogen and oxygen atoms in total. The van der Waals surface area contributed by atoms with Gasteiger partial charge in [0.05, 0.1) is 55.4 Å². The van der Waals surface area contributed by atoms with Gasteiger partial charge in [0.25, 0.3) is 0 Å². The van der Waals surface area contributed by atoms with E-state index in [1.54, 1.807) is 0 Å². The molecule has 0 amide bonds. The van der Waals surface area contributed by atoms with Gasteiger partial charge in [-0.15, -0.1) is 0 Å². The van der Waals surface area contributed by atoms with E-state index < -0.39 is 207 Å². The van der Waals surface area contributed by atoms with Gasteiger partial charge in [0.1, 0.15) is 79.9 Å². The Kier molecular flexibility index (Phi) is 17.6. The van der Waals surface area contributed by atoms with Crippen molar-refractivity contribution in [1.29, 1.82) is 0 Å². The Morgan fingerprint density at radius 3 is 1.89 bits per heavy atom. The predicted octanol–water partition coefficient (Wildman–Crippen LogP) is -0.751. The maximum atomic E-state index is 15.4. The minimum atomic E-state index is -2.19. The van der Waals surface area contributed by atoms with Crippen molar-refractivity contribution in [3.05, 3.63) is 11.6 Å². The average Bonchev–Trinajstić information content (AvgIpc) is 0.806. The third-order valence-corrected chi connectivity index (χ3v) is 22.5. The molecule has 14 rings (SSSR count). The van der Waals surface area contributed by atoms with E-state index in [-0.39, 0.29) is 35.0 Å². The van der Waals surface area contributed by atoms with E-state index in [1.165, 1.54) is 12.5 Å². The molecular weight excluding hydrogens is 1110 g/mol. The quantitative estimate of drug-likeness (QED) is 0.0665. The number of hydrogen-bond acceptors (Lipinski definition) is 25. The largest absolute Gasteiger partial charge is 0.463 e. The van der Waals surface area contributed by atoms with Gasteiger partial charge in [-0.2, -0.15) is 0 Å². The van der Waals surface area contributed by atoms with Crippen LogP contribution < -0.4 is 0 Å². The second kappa shape index (κ2) is 23.0. The number of ether oxygens (including phenoxy) is 10. The first kappa shape index (κ1) is 64.4. The van der Waals surface area contributed by atoms with Crippen LogP contribution in [0.5, 0.6) is 0 Å². The molecule has 0 aromatic rings. The Labute approximate surface area is 488 Å². The van der Waals surface area contributed by atoms with E-state index in [0.717, 1.165) is 13.3 Å². The fraction of sp³-hybridized carbons (Fsp3) is 0.915. The number of carbonyl (C=O) groups excluding carboxylic acids is 3. The van der Waals surface area contributed by atoms with E-state index in [2.05, 4.69) is 40.7 Å². The van der Waals surface area contributed by atoms with Crippen molar-refractivity contribution in [1.82, 2.24) is 0 Å². The standard InChI is InChI=1S/C59H92O25/c1-25-44-41(70)43(72)48(77-25)81-45-36(65)29(62)23-76-50(45)84-52(73)59-16-14-53(2,3)18-27(59)26-10-11-33-56(7)19-28(61)47(54(4,5)32(56)12-13-58(33,9)57(26,8)15-17-59)83-51-46(40(69)37(66)30(22-60)78-51)82-49-42(71)39(68)38(67)31(79-49)24-75-34(63)20-55(6,74)21-35(64)80-44/h10,25,27-33,36-51,60-62,65-72,74H,11-24H2,1-9H3/t25-,27-,28-,29-,30+,31+,32-,33+,36-,37+,38+,39-,40-,41-,42+,43+,44-,45+,46+,47-,48-,49-,50-,51-,55-,56-,57+,58+,59-/m0/s1. The van der Waals surface area contributed by atoms with Crippen molar-refractivity contribution in [2.24, 2.45) is 50.2 Å². The minimum Gasteiger partial charge on any atom is -0.463 e. The molecule has 0 aromatic heterocycles. The summed E-state index contributed by atoms with van der Waals surface area (Å²) in [5, 5.41) is 136. The summed E-state index contributed by atoms with van der Waals surface area (Å²) in [5.74, 6) is -3.24. The van der Waals surface area contributed by atoms with Crippen LogP contribution in [0.3, 0.4) is 0 Å². The van der Waals surface area contributed by atoms with Crippen molar-refractivity contribution in [3.63, 3.8) is 0 Å². The Hall–Kier alpha value is -2.61. The maximum Gasteiger partial charge on any atom is 0.315 e. The molecular formula is C59H92O25. The summed E-state index contributed by atoms with van der Waals surface area (Å²) >= 11 is 0. The molecule has 9 heterocycles. The Morgan fingerprint density at radius 1 is 0.571 bits per heavy atom. The lowest BCUT2D eigenvalue weighted by atomic mass is 9.33. The van der Waals surface area contributed by atoms with Crippen LogP contribution in [0.4, 0.5) is 0 Å². The van der Waals surface area contributed by atoms with Gasteiger partial charge in [0, 0.05) is 0 Å². The van der Waals surface area contributed by atoms with Crippen LogP contribution in [-0.4, -0.2) is 234 Å². The van der Waals surface area contributed by atoms with E-state index >= 15 is 4.79 Å². The number of esters is 3. The molecule has 10 fully saturated rings. The molecule has 84 heavy (non-hydrogen) atoms. The summed E-state index contributed by atoms with van der Waals surface area (Å²) in [4.78, 5) is 42.0. The van der Waals surface area contributed by atoms with Crippen LogP contribution >= 0.6 is 0 Å². The summed E-state index contributed by atoms with van der Waals surface area (Å²) in [6.45, 7) is 15.7. The van der Waals surface area contributed by atoms with Gasteiger partial charge in [-0.1, -0.05) is 60.1 Å². The monoisotopic (exact) mass is 1200 g/mol. The van der Waals surface area contributed by atoms with E-state index in [0.29, 0.717) is 44.9 Å². The molecule has 5 aliphatic carbocycles. The van der Waals surface area contributed by atoms with Crippen LogP contribution in [0.2, 0.25) is 0 Å². The highest BCUT2D eigenvalue weighted by Gasteiger charge is 2.71. The van der Waals surface area contributed by atoms with Gasteiger partial charge in [-0.05, 0) is 116 Å². The van der Waals surface area contributed by atoms with Gasteiger partial charge in [-0.3, -0.25) is 14.4 Å². The lowest BCUT2D eigenvalue weighted by Gasteiger charge is -2.71. The second-order valence-corrected chi connectivity index (χ2v) is 28.8. The van der Waals surface area contributed by atoms with E-state index in [1.807, 2.05) is 13.8 Å². The average molecular weight is 1200 g/mol. The van der Waals surface area contributed by atoms with Crippen molar-refractivity contribution in [2.45, 2.75) is 267 Å². The molecule has 29 atom stereocenters. The normalized spacial score (nSPS) is 53.7.